The van der Waals surface area contributed by atoms with Crippen LogP contribution in [0.5, 0.6) is 0 Å². The Labute approximate surface area is 126 Å². The zero-order valence-corrected chi connectivity index (χ0v) is 12.5. The number of aryl methyl sites for hydroxylation is 2. The van der Waals surface area contributed by atoms with Crippen LogP contribution in [0, 0.1) is 6.92 Å². The highest BCUT2D eigenvalue weighted by atomic mass is 14.7. The van der Waals surface area contributed by atoms with Gasteiger partial charge in [0, 0.05) is 16.8 Å². The first-order valence-corrected chi connectivity index (χ1v) is 7.41. The maximum absolute atomic E-state index is 4.83. The molecule has 0 bridgehead atoms. The molecule has 1 heterocycles. The SMILES string of the molecule is CCc1ccccc1-c1ccc(-c2ccccc2)c(C)n1. The lowest BCUT2D eigenvalue weighted by Crippen LogP contribution is -1.94. The van der Waals surface area contributed by atoms with Crippen LogP contribution in [0.2, 0.25) is 0 Å². The molecular weight excluding hydrogens is 254 g/mol. The van der Waals surface area contributed by atoms with Crippen LogP contribution in [0.15, 0.2) is 66.7 Å². The van der Waals surface area contributed by atoms with Gasteiger partial charge in [-0.15, -0.1) is 0 Å². The maximum atomic E-state index is 4.83. The molecular formula is C20H19N. The number of nitrogens with zero attached hydrogens (tertiary/aromatic N) is 1. The van der Waals surface area contributed by atoms with Crippen LogP contribution in [0.1, 0.15) is 18.2 Å². The van der Waals surface area contributed by atoms with Gasteiger partial charge < -0.3 is 0 Å². The third-order valence-corrected chi connectivity index (χ3v) is 3.84. The summed E-state index contributed by atoms with van der Waals surface area (Å²) in [6.07, 6.45) is 1.03. The minimum atomic E-state index is 1.03. The van der Waals surface area contributed by atoms with Gasteiger partial charge in [0.05, 0.1) is 5.69 Å². The van der Waals surface area contributed by atoms with E-state index in [1.165, 1.54) is 22.3 Å². The van der Waals surface area contributed by atoms with E-state index in [1.54, 1.807) is 0 Å². The monoisotopic (exact) mass is 273 g/mol. The Hall–Kier alpha value is -2.41. The fourth-order valence-corrected chi connectivity index (χ4v) is 2.71. The average molecular weight is 273 g/mol. The Balaban J connectivity index is 2.06. The summed E-state index contributed by atoms with van der Waals surface area (Å²) >= 11 is 0. The van der Waals surface area contributed by atoms with Gasteiger partial charge in [-0.3, -0.25) is 4.98 Å². The molecule has 1 heteroatoms. The predicted molar refractivity (Wildman–Crippen MR) is 89.2 cm³/mol. The first kappa shape index (κ1) is 13.6. The van der Waals surface area contributed by atoms with E-state index in [0.717, 1.165) is 17.8 Å². The van der Waals surface area contributed by atoms with Crippen LogP contribution >= 0.6 is 0 Å². The molecule has 104 valence electrons. The van der Waals surface area contributed by atoms with Crippen LogP contribution in [0.3, 0.4) is 0 Å². The first-order valence-electron chi connectivity index (χ1n) is 7.41. The Morgan fingerprint density at radius 1 is 0.762 bits per heavy atom. The molecule has 3 rings (SSSR count). The number of aromatic nitrogens is 1. The van der Waals surface area contributed by atoms with Gasteiger partial charge in [0.15, 0.2) is 0 Å². The second-order valence-electron chi connectivity index (χ2n) is 5.21. The quantitative estimate of drug-likeness (QED) is 0.632. The molecule has 0 fully saturated rings. The van der Waals surface area contributed by atoms with E-state index in [4.69, 9.17) is 4.98 Å². The minimum absolute atomic E-state index is 1.03. The van der Waals surface area contributed by atoms with Crippen molar-refractivity contribution in [2.24, 2.45) is 0 Å². The number of benzene rings is 2. The van der Waals surface area contributed by atoms with Crippen molar-refractivity contribution in [3.8, 4) is 22.4 Å². The molecule has 0 saturated carbocycles. The van der Waals surface area contributed by atoms with Crippen molar-refractivity contribution in [1.82, 2.24) is 4.98 Å². The smallest absolute Gasteiger partial charge is 0.0708 e. The molecule has 3 aromatic rings. The molecule has 1 aromatic heterocycles. The van der Waals surface area contributed by atoms with Gasteiger partial charge >= 0.3 is 0 Å². The number of hydrogen-bond donors (Lipinski definition) is 0. The second-order valence-corrected chi connectivity index (χ2v) is 5.21. The van der Waals surface area contributed by atoms with E-state index in [2.05, 4.69) is 74.5 Å². The lowest BCUT2D eigenvalue weighted by atomic mass is 9.99. The summed E-state index contributed by atoms with van der Waals surface area (Å²) in [7, 11) is 0. The maximum Gasteiger partial charge on any atom is 0.0708 e. The third-order valence-electron chi connectivity index (χ3n) is 3.84. The van der Waals surface area contributed by atoms with Crippen molar-refractivity contribution in [3.05, 3.63) is 78.0 Å². The van der Waals surface area contributed by atoms with Gasteiger partial charge in [-0.2, -0.15) is 0 Å². The fraction of sp³-hybridized carbons (Fsp3) is 0.150. The molecule has 0 amide bonds. The van der Waals surface area contributed by atoms with Crippen molar-refractivity contribution in [3.63, 3.8) is 0 Å². The van der Waals surface area contributed by atoms with Crippen molar-refractivity contribution in [2.45, 2.75) is 20.3 Å². The van der Waals surface area contributed by atoms with E-state index in [1.807, 2.05) is 6.07 Å². The molecule has 21 heavy (non-hydrogen) atoms. The standard InChI is InChI=1S/C20H19N/c1-3-16-9-7-8-12-19(16)20-14-13-18(15(2)21-20)17-10-5-4-6-11-17/h4-14H,3H2,1-2H3. The molecule has 0 aliphatic rings. The van der Waals surface area contributed by atoms with Crippen molar-refractivity contribution in [1.29, 1.82) is 0 Å². The molecule has 0 atom stereocenters. The van der Waals surface area contributed by atoms with Gasteiger partial charge in [0.1, 0.15) is 0 Å². The van der Waals surface area contributed by atoms with Gasteiger partial charge in [0.2, 0.25) is 0 Å². The third kappa shape index (κ3) is 2.73. The Kier molecular flexibility index (Phi) is 3.83. The van der Waals surface area contributed by atoms with Crippen LogP contribution < -0.4 is 0 Å². The number of pyridine rings is 1. The van der Waals surface area contributed by atoms with Crippen LogP contribution in [0.4, 0.5) is 0 Å². The molecule has 0 saturated heterocycles. The van der Waals surface area contributed by atoms with Gasteiger partial charge in [0.25, 0.3) is 0 Å². The highest BCUT2D eigenvalue weighted by Gasteiger charge is 2.08. The summed E-state index contributed by atoms with van der Waals surface area (Å²) in [5.41, 5.74) is 7.14. The molecule has 0 spiro atoms. The molecule has 0 aliphatic carbocycles. The van der Waals surface area contributed by atoms with Gasteiger partial charge in [-0.1, -0.05) is 67.6 Å². The molecule has 0 aliphatic heterocycles. The Morgan fingerprint density at radius 3 is 2.19 bits per heavy atom. The summed E-state index contributed by atoms with van der Waals surface area (Å²) in [6, 6.07) is 23.2. The Morgan fingerprint density at radius 2 is 1.48 bits per heavy atom. The summed E-state index contributed by atoms with van der Waals surface area (Å²) in [4.78, 5) is 4.83. The normalized spacial score (nSPS) is 10.6. The van der Waals surface area contributed by atoms with Crippen molar-refractivity contribution in [2.75, 3.05) is 0 Å². The zero-order chi connectivity index (χ0) is 14.7. The Bertz CT molecular complexity index is 745. The summed E-state index contributed by atoms with van der Waals surface area (Å²) in [6.45, 7) is 4.27. The molecule has 0 unspecified atom stereocenters. The lowest BCUT2D eigenvalue weighted by Gasteiger charge is -2.11. The second kappa shape index (κ2) is 5.92. The van der Waals surface area contributed by atoms with Crippen LogP contribution in [-0.2, 0) is 6.42 Å². The zero-order valence-electron chi connectivity index (χ0n) is 12.5. The van der Waals surface area contributed by atoms with Gasteiger partial charge in [-0.25, -0.2) is 0 Å². The summed E-state index contributed by atoms with van der Waals surface area (Å²) in [5, 5.41) is 0. The van der Waals surface area contributed by atoms with E-state index in [0.29, 0.717) is 0 Å². The largest absolute Gasteiger partial charge is 0.252 e. The highest BCUT2D eigenvalue weighted by Crippen LogP contribution is 2.27. The van der Waals surface area contributed by atoms with E-state index >= 15 is 0 Å². The summed E-state index contributed by atoms with van der Waals surface area (Å²) in [5.74, 6) is 0. The number of hydrogen-bond acceptors (Lipinski definition) is 1. The van der Waals surface area contributed by atoms with E-state index < -0.39 is 0 Å². The fourth-order valence-electron chi connectivity index (χ4n) is 2.71. The molecule has 1 nitrogen and oxygen atoms in total. The summed E-state index contributed by atoms with van der Waals surface area (Å²) < 4.78 is 0. The minimum Gasteiger partial charge on any atom is -0.252 e. The van der Waals surface area contributed by atoms with E-state index in [9.17, 15) is 0 Å². The van der Waals surface area contributed by atoms with Crippen LogP contribution in [-0.4, -0.2) is 4.98 Å². The molecule has 0 N–H and O–H groups in total. The molecule has 0 radical (unpaired) electrons. The van der Waals surface area contributed by atoms with Crippen molar-refractivity contribution >= 4 is 0 Å². The highest BCUT2D eigenvalue weighted by molar-refractivity contribution is 5.70. The predicted octanol–water partition coefficient (Wildman–Crippen LogP) is 5.29. The number of rotatable bonds is 3. The van der Waals surface area contributed by atoms with Gasteiger partial charge in [-0.05, 0) is 30.5 Å². The van der Waals surface area contributed by atoms with E-state index in [-0.39, 0.29) is 0 Å². The average Bonchev–Trinajstić information content (AvgIpc) is 2.55. The lowest BCUT2D eigenvalue weighted by molar-refractivity contribution is 1.13. The van der Waals surface area contributed by atoms with Crippen molar-refractivity contribution < 1.29 is 0 Å². The molecule has 2 aromatic carbocycles. The van der Waals surface area contributed by atoms with Crippen LogP contribution in [0.25, 0.3) is 22.4 Å². The topological polar surface area (TPSA) is 12.9 Å². The first-order chi connectivity index (χ1) is 10.3.